The first-order chi connectivity index (χ1) is 18.0. The lowest BCUT2D eigenvalue weighted by Gasteiger charge is -2.64. The summed E-state index contributed by atoms with van der Waals surface area (Å²) in [5.74, 6) is 0.994. The molecule has 5 fully saturated rings. The Hall–Kier alpha value is -1.07. The lowest BCUT2D eigenvalue weighted by Crippen LogP contribution is -2.63. The maximum Gasteiger partial charge on any atom is 0.331 e. The molecule has 0 aromatic carbocycles. The van der Waals surface area contributed by atoms with Gasteiger partial charge in [0.05, 0.1) is 18.3 Å². The standard InChI is InChI=1S/C29H44O9/c1-27-8-5-17(37-26-25(34)24(33)23(32)21(13-30)38-26)12-16(27)3-4-20-19(27)6-9-28(2)18(7-10-29(20,28)35)15-11-22(31)36-14-15/h11,16-21,23-26,30,32-35H,3-10,12-14H2,1-2H3/t16-,17-,18+,19-,20+,21+,23+,24+,25+,26+,27-,28+,29-/m0/s1. The average Bonchev–Trinajstić information content (AvgIpc) is 3.44. The lowest BCUT2D eigenvalue weighted by atomic mass is 9.43. The molecule has 0 bridgehead atoms. The van der Waals surface area contributed by atoms with Gasteiger partial charge in [-0.15, -0.1) is 0 Å². The van der Waals surface area contributed by atoms with Crippen molar-refractivity contribution in [3.63, 3.8) is 0 Å². The molecule has 0 aromatic heterocycles. The quantitative estimate of drug-likeness (QED) is 0.266. The molecular weight excluding hydrogens is 492 g/mol. The number of carbonyl (C=O) groups excluding carboxylic acids is 1. The highest BCUT2D eigenvalue weighted by Gasteiger charge is 2.67. The molecule has 1 saturated heterocycles. The third kappa shape index (κ3) is 3.87. The van der Waals surface area contributed by atoms with Crippen molar-refractivity contribution >= 4 is 5.97 Å². The zero-order valence-electron chi connectivity index (χ0n) is 22.5. The van der Waals surface area contributed by atoms with E-state index >= 15 is 0 Å². The normalized spacial score (nSPS) is 54.5. The lowest BCUT2D eigenvalue weighted by molar-refractivity contribution is -0.317. The molecule has 0 spiro atoms. The zero-order valence-corrected chi connectivity index (χ0v) is 22.5. The summed E-state index contributed by atoms with van der Waals surface area (Å²) in [6.07, 6.45) is 3.41. The van der Waals surface area contributed by atoms with Crippen LogP contribution in [0.1, 0.15) is 71.6 Å². The molecule has 214 valence electrons. The van der Waals surface area contributed by atoms with Crippen LogP contribution in [0.25, 0.3) is 0 Å². The van der Waals surface area contributed by atoms with Crippen LogP contribution in [0.3, 0.4) is 0 Å². The molecular formula is C29H44O9. The molecule has 13 atom stereocenters. The van der Waals surface area contributed by atoms with Crippen molar-refractivity contribution in [1.82, 2.24) is 0 Å². The van der Waals surface area contributed by atoms with Crippen molar-refractivity contribution in [2.24, 2.45) is 34.5 Å². The van der Waals surface area contributed by atoms with Gasteiger partial charge in [-0.3, -0.25) is 0 Å². The molecule has 4 aliphatic carbocycles. The molecule has 9 heteroatoms. The van der Waals surface area contributed by atoms with Gasteiger partial charge >= 0.3 is 5.97 Å². The predicted octanol–water partition coefficient (Wildman–Crippen LogP) is 1.43. The number of hydrogen-bond acceptors (Lipinski definition) is 9. The first-order valence-electron chi connectivity index (χ1n) is 14.6. The maximum atomic E-state index is 12.4. The molecule has 4 saturated carbocycles. The van der Waals surface area contributed by atoms with E-state index in [1.54, 1.807) is 6.08 Å². The largest absolute Gasteiger partial charge is 0.458 e. The summed E-state index contributed by atoms with van der Waals surface area (Å²) in [6, 6.07) is 0. The van der Waals surface area contributed by atoms with Crippen LogP contribution in [0, 0.1) is 34.5 Å². The summed E-state index contributed by atoms with van der Waals surface area (Å²) in [4.78, 5) is 11.8. The smallest absolute Gasteiger partial charge is 0.331 e. The van der Waals surface area contributed by atoms with Crippen molar-refractivity contribution < 1.29 is 44.5 Å². The Bertz CT molecular complexity index is 968. The van der Waals surface area contributed by atoms with Crippen LogP contribution in [0.2, 0.25) is 0 Å². The van der Waals surface area contributed by atoms with Crippen LogP contribution in [-0.4, -0.2) is 87.1 Å². The van der Waals surface area contributed by atoms with E-state index < -0.39 is 42.9 Å². The van der Waals surface area contributed by atoms with Crippen molar-refractivity contribution in [2.75, 3.05) is 13.2 Å². The second kappa shape index (κ2) is 9.50. The third-order valence-electron chi connectivity index (χ3n) is 12.1. The highest BCUT2D eigenvalue weighted by molar-refractivity contribution is 5.85. The molecule has 0 amide bonds. The van der Waals surface area contributed by atoms with Gasteiger partial charge in [0.25, 0.3) is 0 Å². The fourth-order valence-electron chi connectivity index (χ4n) is 9.86. The summed E-state index contributed by atoms with van der Waals surface area (Å²) in [5.41, 5.74) is 0.141. The molecule has 6 aliphatic rings. The number of fused-ring (bicyclic) bond motifs is 5. The van der Waals surface area contributed by atoms with Crippen LogP contribution in [0.4, 0.5) is 0 Å². The van der Waals surface area contributed by atoms with E-state index in [2.05, 4.69) is 13.8 Å². The second-order valence-electron chi connectivity index (χ2n) is 13.5. The minimum absolute atomic E-state index is 0.0823. The van der Waals surface area contributed by atoms with Crippen LogP contribution in [0.15, 0.2) is 11.6 Å². The van der Waals surface area contributed by atoms with E-state index in [1.807, 2.05) is 0 Å². The Balaban J connectivity index is 1.15. The van der Waals surface area contributed by atoms with E-state index in [0.29, 0.717) is 18.4 Å². The first kappa shape index (κ1) is 27.1. The van der Waals surface area contributed by atoms with E-state index in [9.17, 15) is 30.3 Å². The summed E-state index contributed by atoms with van der Waals surface area (Å²) < 4.78 is 17.0. The topological polar surface area (TPSA) is 146 Å². The molecule has 2 aliphatic heterocycles. The average molecular weight is 537 g/mol. The van der Waals surface area contributed by atoms with Gasteiger partial charge in [-0.05, 0) is 92.4 Å². The molecule has 9 nitrogen and oxygen atoms in total. The van der Waals surface area contributed by atoms with Gasteiger partial charge < -0.3 is 39.7 Å². The zero-order chi connectivity index (χ0) is 27.0. The van der Waals surface area contributed by atoms with Crippen LogP contribution in [0.5, 0.6) is 0 Å². The minimum Gasteiger partial charge on any atom is -0.458 e. The highest BCUT2D eigenvalue weighted by Crippen LogP contribution is 2.70. The Labute approximate surface area is 224 Å². The van der Waals surface area contributed by atoms with Gasteiger partial charge in [-0.2, -0.15) is 0 Å². The molecule has 0 aromatic rings. The van der Waals surface area contributed by atoms with Crippen molar-refractivity contribution in [2.45, 2.75) is 114 Å². The third-order valence-corrected chi connectivity index (χ3v) is 12.1. The molecule has 0 unspecified atom stereocenters. The predicted molar refractivity (Wildman–Crippen MR) is 134 cm³/mol. The number of rotatable bonds is 4. The van der Waals surface area contributed by atoms with Crippen molar-refractivity contribution in [3.05, 3.63) is 11.6 Å². The summed E-state index contributed by atoms with van der Waals surface area (Å²) >= 11 is 0. The van der Waals surface area contributed by atoms with Crippen LogP contribution >= 0.6 is 0 Å². The summed E-state index contributed by atoms with van der Waals surface area (Å²) in [5, 5.41) is 52.6. The summed E-state index contributed by atoms with van der Waals surface area (Å²) in [7, 11) is 0. The van der Waals surface area contributed by atoms with Crippen molar-refractivity contribution in [1.29, 1.82) is 0 Å². The van der Waals surface area contributed by atoms with Crippen LogP contribution in [-0.2, 0) is 19.0 Å². The molecule has 6 rings (SSSR count). The first-order valence-corrected chi connectivity index (χ1v) is 14.6. The molecule has 5 N–H and O–H groups in total. The van der Waals surface area contributed by atoms with Gasteiger partial charge in [0, 0.05) is 11.5 Å². The summed E-state index contributed by atoms with van der Waals surface area (Å²) in [6.45, 7) is 4.52. The number of hydrogen-bond donors (Lipinski definition) is 5. The second-order valence-corrected chi connectivity index (χ2v) is 13.5. The Morgan fingerprint density at radius 1 is 0.974 bits per heavy atom. The number of aliphatic hydroxyl groups is 5. The van der Waals surface area contributed by atoms with E-state index in [0.717, 1.165) is 63.4 Å². The molecule has 0 radical (unpaired) electrons. The van der Waals surface area contributed by atoms with Gasteiger partial charge in [-0.1, -0.05) is 13.8 Å². The highest BCUT2D eigenvalue weighted by atomic mass is 16.7. The monoisotopic (exact) mass is 536 g/mol. The number of ether oxygens (including phenoxy) is 3. The van der Waals surface area contributed by atoms with Gasteiger partial charge in [0.15, 0.2) is 6.29 Å². The SMILES string of the molecule is C[C@]12CC[C@H](O[C@@H]3O[C@H](CO)[C@@H](O)[C@@H](O)[C@H]3O)C[C@@H]1CC[C@@H]1[C@@H]2CC[C@]2(C)[C@@H](C3=CC(=O)OC3)CC[C@]12O. The minimum atomic E-state index is -1.44. The van der Waals surface area contributed by atoms with E-state index in [1.165, 1.54) is 0 Å². The van der Waals surface area contributed by atoms with Gasteiger partial charge in [0.1, 0.15) is 31.0 Å². The number of cyclic esters (lactones) is 1. The fourth-order valence-corrected chi connectivity index (χ4v) is 9.86. The molecule has 2 heterocycles. The Morgan fingerprint density at radius 3 is 2.47 bits per heavy atom. The number of aliphatic hydroxyl groups excluding tert-OH is 4. The maximum absolute atomic E-state index is 12.4. The molecule has 38 heavy (non-hydrogen) atoms. The van der Waals surface area contributed by atoms with E-state index in [4.69, 9.17) is 14.2 Å². The number of carbonyl (C=O) groups is 1. The van der Waals surface area contributed by atoms with Gasteiger partial charge in [-0.25, -0.2) is 4.79 Å². The van der Waals surface area contributed by atoms with E-state index in [-0.39, 0.29) is 34.7 Å². The Kier molecular flexibility index (Phi) is 6.78. The Morgan fingerprint density at radius 2 is 1.76 bits per heavy atom. The van der Waals surface area contributed by atoms with Crippen LogP contribution < -0.4 is 0 Å². The van der Waals surface area contributed by atoms with Crippen molar-refractivity contribution in [3.8, 4) is 0 Å². The number of esters is 1. The fraction of sp³-hybridized carbons (Fsp3) is 0.897. The van der Waals surface area contributed by atoms with Gasteiger partial charge in [0.2, 0.25) is 0 Å².